The van der Waals surface area contributed by atoms with Gasteiger partial charge in [-0.15, -0.1) is 11.3 Å². The quantitative estimate of drug-likeness (QED) is 0.815. The van der Waals surface area contributed by atoms with Crippen LogP contribution in [0.2, 0.25) is 0 Å². The summed E-state index contributed by atoms with van der Waals surface area (Å²) in [5.41, 5.74) is 5.84. The zero-order valence-electron chi connectivity index (χ0n) is 13.4. The molecule has 0 spiro atoms. The average Bonchev–Trinajstić information content (AvgIpc) is 3.03. The lowest BCUT2D eigenvalue weighted by Crippen LogP contribution is -2.46. The summed E-state index contributed by atoms with van der Waals surface area (Å²) in [6.07, 6.45) is 5.15. The number of hydrazine groups is 1. The lowest BCUT2D eigenvalue weighted by Gasteiger charge is -2.20. The van der Waals surface area contributed by atoms with Gasteiger partial charge in [-0.05, 0) is 25.0 Å². The lowest BCUT2D eigenvalue weighted by atomic mass is 9.89. The van der Waals surface area contributed by atoms with Crippen molar-refractivity contribution >= 4 is 33.4 Å². The van der Waals surface area contributed by atoms with Crippen LogP contribution in [0.5, 0.6) is 0 Å². The fraction of sp³-hybridized carbons (Fsp3) is 0.471. The molecule has 1 fully saturated rings. The Hall–Kier alpha value is -1.99. The Labute approximate surface area is 144 Å². The molecule has 1 heterocycles. The highest BCUT2D eigenvalue weighted by molar-refractivity contribution is 7.18. The number of rotatable bonds is 5. The number of para-hydroxylation sites is 1. The molecule has 2 N–H and O–H groups in total. The smallest absolute Gasteiger partial charge is 0.264 e. The summed E-state index contributed by atoms with van der Waals surface area (Å²) in [6, 6.07) is 7.86. The van der Waals surface area contributed by atoms with Gasteiger partial charge in [-0.25, -0.2) is 4.98 Å². The van der Waals surface area contributed by atoms with Gasteiger partial charge in [-0.3, -0.25) is 20.4 Å². The highest BCUT2D eigenvalue weighted by Crippen LogP contribution is 2.23. The molecule has 2 aromatic rings. The van der Waals surface area contributed by atoms with Crippen molar-refractivity contribution in [1.29, 1.82) is 0 Å². The van der Waals surface area contributed by atoms with E-state index in [9.17, 15) is 9.59 Å². The highest BCUT2D eigenvalue weighted by Gasteiger charge is 2.21. The first kappa shape index (κ1) is 16.9. The summed E-state index contributed by atoms with van der Waals surface area (Å²) in [4.78, 5) is 28.1. The Morgan fingerprint density at radius 3 is 2.75 bits per heavy atom. The van der Waals surface area contributed by atoms with E-state index in [0.29, 0.717) is 0 Å². The van der Waals surface area contributed by atoms with Gasteiger partial charge in [0.15, 0.2) is 0 Å². The monoisotopic (exact) mass is 347 g/mol. The van der Waals surface area contributed by atoms with E-state index in [1.165, 1.54) is 6.42 Å². The Bertz CT molecular complexity index is 677. The molecule has 1 aromatic heterocycles. The maximum absolute atomic E-state index is 11.9. The van der Waals surface area contributed by atoms with Crippen LogP contribution in [0.4, 0.5) is 0 Å². The molecule has 2 amide bonds. The van der Waals surface area contributed by atoms with E-state index in [-0.39, 0.29) is 30.9 Å². The third-order valence-corrected chi connectivity index (χ3v) is 5.11. The molecule has 1 aliphatic carbocycles. The van der Waals surface area contributed by atoms with Crippen LogP contribution in [-0.2, 0) is 20.9 Å². The van der Waals surface area contributed by atoms with Crippen molar-refractivity contribution in [1.82, 2.24) is 15.8 Å². The molecule has 6 nitrogen and oxygen atoms in total. The molecule has 24 heavy (non-hydrogen) atoms. The minimum atomic E-state index is -0.361. The van der Waals surface area contributed by atoms with Crippen molar-refractivity contribution in [3.05, 3.63) is 29.3 Å². The second-order valence-electron chi connectivity index (χ2n) is 5.94. The van der Waals surface area contributed by atoms with Gasteiger partial charge in [0.2, 0.25) is 5.91 Å². The molecule has 128 valence electrons. The normalized spacial score (nSPS) is 15.3. The number of nitrogens with one attached hydrogen (secondary N) is 2. The van der Waals surface area contributed by atoms with Gasteiger partial charge in [0.1, 0.15) is 11.6 Å². The molecular formula is C17H21N3O3S. The van der Waals surface area contributed by atoms with Crippen LogP contribution >= 0.6 is 11.3 Å². The van der Waals surface area contributed by atoms with E-state index in [1.807, 2.05) is 24.3 Å². The molecule has 0 bridgehead atoms. The second-order valence-corrected chi connectivity index (χ2v) is 7.06. The van der Waals surface area contributed by atoms with Crippen LogP contribution in [-0.4, -0.2) is 23.4 Å². The van der Waals surface area contributed by atoms with Crippen molar-refractivity contribution in [2.75, 3.05) is 6.61 Å². The maximum Gasteiger partial charge on any atom is 0.264 e. The van der Waals surface area contributed by atoms with Crippen LogP contribution < -0.4 is 10.9 Å². The molecule has 0 atom stereocenters. The van der Waals surface area contributed by atoms with Gasteiger partial charge < -0.3 is 4.74 Å². The van der Waals surface area contributed by atoms with Gasteiger partial charge in [-0.1, -0.05) is 31.4 Å². The first-order chi connectivity index (χ1) is 11.7. The lowest BCUT2D eigenvalue weighted by molar-refractivity contribution is -0.134. The standard InChI is InChI=1S/C17H21N3O3S/c21-15(19-20-17(22)12-6-2-1-3-7-12)10-23-11-16-18-13-8-4-5-9-14(13)24-16/h4-5,8-9,12H,1-3,6-7,10-11H2,(H,19,21)(H,20,22). The number of carbonyl (C=O) groups is 2. The summed E-state index contributed by atoms with van der Waals surface area (Å²) in [5.74, 6) is -0.447. The van der Waals surface area contributed by atoms with E-state index in [1.54, 1.807) is 11.3 Å². The van der Waals surface area contributed by atoms with E-state index in [4.69, 9.17) is 4.74 Å². The zero-order chi connectivity index (χ0) is 16.8. The topological polar surface area (TPSA) is 80.3 Å². The minimum absolute atomic E-state index is 0.0164. The molecule has 0 saturated heterocycles. The number of thiazole rings is 1. The first-order valence-electron chi connectivity index (χ1n) is 8.23. The summed E-state index contributed by atoms with van der Waals surface area (Å²) in [6.45, 7) is 0.171. The Morgan fingerprint density at radius 2 is 1.96 bits per heavy atom. The van der Waals surface area contributed by atoms with Crippen LogP contribution in [0, 0.1) is 5.92 Å². The molecule has 0 radical (unpaired) electrons. The van der Waals surface area contributed by atoms with Gasteiger partial charge >= 0.3 is 0 Å². The molecule has 0 aliphatic heterocycles. The van der Waals surface area contributed by atoms with Crippen molar-refractivity contribution in [2.45, 2.75) is 38.7 Å². The molecule has 1 aromatic carbocycles. The van der Waals surface area contributed by atoms with Gasteiger partial charge in [0.05, 0.1) is 16.8 Å². The number of aromatic nitrogens is 1. The van der Waals surface area contributed by atoms with E-state index in [0.717, 1.165) is 40.9 Å². The summed E-state index contributed by atoms with van der Waals surface area (Å²) in [5, 5.41) is 0.829. The van der Waals surface area contributed by atoms with Crippen LogP contribution in [0.25, 0.3) is 10.2 Å². The van der Waals surface area contributed by atoms with Crippen LogP contribution in [0.1, 0.15) is 37.1 Å². The number of nitrogens with zero attached hydrogens (tertiary/aromatic N) is 1. The Balaban J connectivity index is 1.37. The number of benzene rings is 1. The SMILES string of the molecule is O=C(COCc1nc2ccccc2s1)NNC(=O)C1CCCCC1. The first-order valence-corrected chi connectivity index (χ1v) is 9.05. The molecular weight excluding hydrogens is 326 g/mol. The third-order valence-electron chi connectivity index (χ3n) is 4.10. The number of fused-ring (bicyclic) bond motifs is 1. The van der Waals surface area contributed by atoms with Crippen molar-refractivity contribution in [3.63, 3.8) is 0 Å². The number of ether oxygens (including phenoxy) is 1. The summed E-state index contributed by atoms with van der Waals surface area (Å²) in [7, 11) is 0. The van der Waals surface area contributed by atoms with Crippen LogP contribution in [0.15, 0.2) is 24.3 Å². The minimum Gasteiger partial charge on any atom is -0.364 e. The number of carbonyl (C=O) groups excluding carboxylic acids is 2. The fourth-order valence-corrected chi connectivity index (χ4v) is 3.75. The number of amides is 2. The van der Waals surface area contributed by atoms with Crippen molar-refractivity contribution < 1.29 is 14.3 Å². The predicted molar refractivity (Wildman–Crippen MR) is 92.1 cm³/mol. The zero-order valence-corrected chi connectivity index (χ0v) is 14.2. The predicted octanol–water partition coefficient (Wildman–Crippen LogP) is 2.54. The van der Waals surface area contributed by atoms with Crippen LogP contribution in [0.3, 0.4) is 0 Å². The van der Waals surface area contributed by atoms with E-state index in [2.05, 4.69) is 15.8 Å². The molecule has 0 unspecified atom stereocenters. The Morgan fingerprint density at radius 1 is 1.17 bits per heavy atom. The third kappa shape index (κ3) is 4.52. The molecule has 3 rings (SSSR count). The van der Waals surface area contributed by atoms with E-state index >= 15 is 0 Å². The Kier molecular flexibility index (Phi) is 5.77. The average molecular weight is 347 g/mol. The largest absolute Gasteiger partial charge is 0.364 e. The number of hydrogen-bond acceptors (Lipinski definition) is 5. The van der Waals surface area contributed by atoms with Gasteiger partial charge in [-0.2, -0.15) is 0 Å². The fourth-order valence-electron chi connectivity index (χ4n) is 2.85. The summed E-state index contributed by atoms with van der Waals surface area (Å²) < 4.78 is 6.47. The molecule has 7 heteroatoms. The number of hydrogen-bond donors (Lipinski definition) is 2. The highest BCUT2D eigenvalue weighted by atomic mass is 32.1. The van der Waals surface area contributed by atoms with Gasteiger partial charge in [0, 0.05) is 5.92 Å². The second kappa shape index (κ2) is 8.21. The van der Waals surface area contributed by atoms with Crippen molar-refractivity contribution in [2.24, 2.45) is 5.92 Å². The van der Waals surface area contributed by atoms with Crippen molar-refractivity contribution in [3.8, 4) is 0 Å². The van der Waals surface area contributed by atoms with Gasteiger partial charge in [0.25, 0.3) is 5.91 Å². The molecule has 1 aliphatic rings. The summed E-state index contributed by atoms with van der Waals surface area (Å²) >= 11 is 1.55. The van der Waals surface area contributed by atoms with E-state index < -0.39 is 0 Å². The maximum atomic E-state index is 11.9. The molecule has 1 saturated carbocycles.